The first kappa shape index (κ1) is 12.0. The number of hydrogen-bond donors (Lipinski definition) is 0. The second kappa shape index (κ2) is 4.84. The van der Waals surface area contributed by atoms with Gasteiger partial charge in [-0.3, -0.25) is 4.79 Å². The van der Waals surface area contributed by atoms with Gasteiger partial charge in [-0.25, -0.2) is 4.39 Å². The van der Waals surface area contributed by atoms with Crippen molar-refractivity contribution in [2.75, 3.05) is 0 Å². The maximum atomic E-state index is 12.9. The molecule has 1 aromatic heterocycles. The van der Waals surface area contributed by atoms with Gasteiger partial charge in [-0.15, -0.1) is 0 Å². The van der Waals surface area contributed by atoms with Gasteiger partial charge in [-0.1, -0.05) is 6.07 Å². The standard InChI is InChI=1S/C13H10BrFO2/c1-8-6-10(15)3-2-9(8)7-11(16)12-4-5-13(14)17-12/h2-6H,7H2,1H3. The first-order valence-electron chi connectivity index (χ1n) is 5.10. The Bertz CT molecular complexity index is 560. The summed E-state index contributed by atoms with van der Waals surface area (Å²) in [5, 5.41) is 0. The molecule has 0 bridgehead atoms. The smallest absolute Gasteiger partial charge is 0.202 e. The molecule has 0 aliphatic rings. The highest BCUT2D eigenvalue weighted by Gasteiger charge is 2.12. The monoisotopic (exact) mass is 296 g/mol. The predicted octanol–water partition coefficient (Wildman–Crippen LogP) is 3.92. The maximum absolute atomic E-state index is 12.9. The van der Waals surface area contributed by atoms with Crippen molar-refractivity contribution in [3.63, 3.8) is 0 Å². The van der Waals surface area contributed by atoms with Gasteiger partial charge in [0.25, 0.3) is 0 Å². The molecule has 0 aliphatic carbocycles. The van der Waals surface area contributed by atoms with E-state index in [0.717, 1.165) is 11.1 Å². The third-order valence-corrected chi connectivity index (χ3v) is 2.93. The molecule has 1 heterocycles. The van der Waals surface area contributed by atoms with Crippen LogP contribution in [0.2, 0.25) is 0 Å². The fraction of sp³-hybridized carbons (Fsp3) is 0.154. The van der Waals surface area contributed by atoms with Gasteiger partial charge in [-0.2, -0.15) is 0 Å². The van der Waals surface area contributed by atoms with E-state index in [9.17, 15) is 9.18 Å². The summed E-state index contributed by atoms with van der Waals surface area (Å²) in [6, 6.07) is 7.69. The maximum Gasteiger partial charge on any atom is 0.202 e. The van der Waals surface area contributed by atoms with Gasteiger partial charge in [0.2, 0.25) is 5.78 Å². The van der Waals surface area contributed by atoms with Crippen molar-refractivity contribution in [3.8, 4) is 0 Å². The zero-order valence-electron chi connectivity index (χ0n) is 9.17. The van der Waals surface area contributed by atoms with E-state index in [1.54, 1.807) is 25.1 Å². The van der Waals surface area contributed by atoms with E-state index in [1.165, 1.54) is 12.1 Å². The number of furan rings is 1. The Kier molecular flexibility index (Phi) is 3.43. The van der Waals surface area contributed by atoms with Crippen LogP contribution >= 0.6 is 15.9 Å². The lowest BCUT2D eigenvalue weighted by atomic mass is 10.0. The van der Waals surface area contributed by atoms with Crippen molar-refractivity contribution >= 4 is 21.7 Å². The second-order valence-corrected chi connectivity index (χ2v) is 4.56. The van der Waals surface area contributed by atoms with Crippen LogP contribution in [-0.2, 0) is 6.42 Å². The predicted molar refractivity (Wildman–Crippen MR) is 65.6 cm³/mol. The minimum atomic E-state index is -0.292. The van der Waals surface area contributed by atoms with Gasteiger partial charge < -0.3 is 4.42 Å². The molecule has 2 nitrogen and oxygen atoms in total. The summed E-state index contributed by atoms with van der Waals surface area (Å²) in [6.45, 7) is 1.78. The van der Waals surface area contributed by atoms with Gasteiger partial charge in [0.05, 0.1) is 0 Å². The molecule has 88 valence electrons. The molecule has 4 heteroatoms. The van der Waals surface area contributed by atoms with Crippen molar-refractivity contribution in [1.29, 1.82) is 0 Å². The lowest BCUT2D eigenvalue weighted by Crippen LogP contribution is -2.03. The van der Waals surface area contributed by atoms with Crippen LogP contribution in [0.15, 0.2) is 39.4 Å². The molecule has 2 rings (SSSR count). The molecule has 17 heavy (non-hydrogen) atoms. The van der Waals surface area contributed by atoms with E-state index < -0.39 is 0 Å². The third kappa shape index (κ3) is 2.82. The summed E-state index contributed by atoms with van der Waals surface area (Å²) in [5.41, 5.74) is 1.58. The lowest BCUT2D eigenvalue weighted by molar-refractivity contribution is 0.0965. The second-order valence-electron chi connectivity index (χ2n) is 3.77. The summed E-state index contributed by atoms with van der Waals surface area (Å²) in [6.07, 6.45) is 0.214. The Morgan fingerprint density at radius 3 is 2.71 bits per heavy atom. The van der Waals surface area contributed by atoms with Crippen LogP contribution in [0.3, 0.4) is 0 Å². The molecule has 0 spiro atoms. The molecule has 0 fully saturated rings. The summed E-state index contributed by atoms with van der Waals surface area (Å²) < 4.78 is 18.6. The fourth-order valence-corrected chi connectivity index (χ4v) is 1.89. The highest BCUT2D eigenvalue weighted by molar-refractivity contribution is 9.10. The molecule has 0 saturated carbocycles. The highest BCUT2D eigenvalue weighted by atomic mass is 79.9. The number of halogens is 2. The average molecular weight is 297 g/mol. The summed E-state index contributed by atoms with van der Waals surface area (Å²) >= 11 is 3.14. The van der Waals surface area contributed by atoms with Crippen molar-refractivity contribution < 1.29 is 13.6 Å². The number of ketones is 1. The Morgan fingerprint density at radius 1 is 1.35 bits per heavy atom. The number of Topliss-reactive ketones (excluding diaryl/α,β-unsaturated/α-hetero) is 1. The average Bonchev–Trinajstić information content (AvgIpc) is 2.69. The van der Waals surface area contributed by atoms with E-state index in [4.69, 9.17) is 4.42 Å². The van der Waals surface area contributed by atoms with Crippen LogP contribution in [0.1, 0.15) is 21.7 Å². The van der Waals surface area contributed by atoms with Crippen LogP contribution in [-0.4, -0.2) is 5.78 Å². The molecule has 0 radical (unpaired) electrons. The summed E-state index contributed by atoms with van der Waals surface area (Å²) in [7, 11) is 0. The van der Waals surface area contributed by atoms with Crippen LogP contribution in [0.25, 0.3) is 0 Å². The first-order chi connectivity index (χ1) is 8.06. The number of rotatable bonds is 3. The first-order valence-corrected chi connectivity index (χ1v) is 5.89. The number of aryl methyl sites for hydroxylation is 1. The molecule has 0 aliphatic heterocycles. The highest BCUT2D eigenvalue weighted by Crippen LogP contribution is 2.17. The van der Waals surface area contributed by atoms with Gasteiger partial charge >= 0.3 is 0 Å². The minimum Gasteiger partial charge on any atom is -0.446 e. The quantitative estimate of drug-likeness (QED) is 0.804. The Hall–Kier alpha value is -1.42. The SMILES string of the molecule is Cc1cc(F)ccc1CC(=O)c1ccc(Br)o1. The summed E-state index contributed by atoms with van der Waals surface area (Å²) in [4.78, 5) is 11.9. The number of hydrogen-bond acceptors (Lipinski definition) is 2. The van der Waals surface area contributed by atoms with Gasteiger partial charge in [0.1, 0.15) is 5.82 Å². The molecule has 0 N–H and O–H groups in total. The normalized spacial score (nSPS) is 10.5. The zero-order chi connectivity index (χ0) is 12.4. The fourth-order valence-electron chi connectivity index (χ4n) is 1.58. The van der Waals surface area contributed by atoms with Crippen molar-refractivity contribution in [2.45, 2.75) is 13.3 Å². The Morgan fingerprint density at radius 2 is 2.12 bits per heavy atom. The largest absolute Gasteiger partial charge is 0.446 e. The van der Waals surface area contributed by atoms with Crippen LogP contribution in [0.5, 0.6) is 0 Å². The van der Waals surface area contributed by atoms with Crippen molar-refractivity contribution in [3.05, 3.63) is 57.7 Å². The van der Waals surface area contributed by atoms with Crippen molar-refractivity contribution in [2.24, 2.45) is 0 Å². The van der Waals surface area contributed by atoms with Crippen LogP contribution in [0, 0.1) is 12.7 Å². The van der Waals surface area contributed by atoms with E-state index in [1.807, 2.05) is 0 Å². The van der Waals surface area contributed by atoms with Crippen LogP contribution < -0.4 is 0 Å². The van der Waals surface area contributed by atoms with Gasteiger partial charge in [0, 0.05) is 6.42 Å². The third-order valence-electron chi connectivity index (χ3n) is 2.50. The number of benzene rings is 1. The topological polar surface area (TPSA) is 30.2 Å². The molecule has 2 aromatic rings. The van der Waals surface area contributed by atoms with Gasteiger partial charge in [0.15, 0.2) is 10.4 Å². The molecule has 0 unspecified atom stereocenters. The van der Waals surface area contributed by atoms with E-state index in [2.05, 4.69) is 15.9 Å². The molecular formula is C13H10BrFO2. The lowest BCUT2D eigenvalue weighted by Gasteiger charge is -2.03. The zero-order valence-corrected chi connectivity index (χ0v) is 10.8. The summed E-state index contributed by atoms with van der Waals surface area (Å²) in [5.74, 6) is -0.106. The molecule has 0 saturated heterocycles. The van der Waals surface area contributed by atoms with E-state index >= 15 is 0 Å². The van der Waals surface area contributed by atoms with Crippen molar-refractivity contribution in [1.82, 2.24) is 0 Å². The Labute approximate surface area is 107 Å². The van der Waals surface area contributed by atoms with Crippen LogP contribution in [0.4, 0.5) is 4.39 Å². The molecule has 0 atom stereocenters. The van der Waals surface area contributed by atoms with E-state index in [-0.39, 0.29) is 18.0 Å². The molecular weight excluding hydrogens is 287 g/mol. The van der Waals surface area contributed by atoms with E-state index in [0.29, 0.717) is 10.4 Å². The molecule has 1 aromatic carbocycles. The number of carbonyl (C=O) groups is 1. The number of carbonyl (C=O) groups excluding carboxylic acids is 1. The van der Waals surface area contributed by atoms with Gasteiger partial charge in [-0.05, 0) is 58.2 Å². The minimum absolute atomic E-state index is 0.120. The Balaban J connectivity index is 2.18. The molecule has 0 amide bonds.